The number of aromatic nitrogens is 1. The van der Waals surface area contributed by atoms with Crippen molar-refractivity contribution in [2.24, 2.45) is 0 Å². The number of carbonyl (C=O) groups is 1. The summed E-state index contributed by atoms with van der Waals surface area (Å²) in [6.07, 6.45) is 2.79. The second kappa shape index (κ2) is 6.65. The third-order valence-corrected chi connectivity index (χ3v) is 3.34. The Hall–Kier alpha value is -1.98. The topological polar surface area (TPSA) is 79.7 Å². The van der Waals surface area contributed by atoms with Crippen LogP contribution < -0.4 is 4.74 Å². The van der Waals surface area contributed by atoms with Crippen molar-refractivity contribution in [2.45, 2.75) is 6.42 Å². The zero-order chi connectivity index (χ0) is 15.4. The largest absolute Gasteiger partial charge is 0.504 e. The predicted octanol–water partition coefficient (Wildman–Crippen LogP) is 2.99. The van der Waals surface area contributed by atoms with E-state index in [9.17, 15) is 15.0 Å². The molecule has 2 aromatic rings. The molecule has 0 aliphatic rings. The molecule has 0 radical (unpaired) electrons. The average molecular weight is 328 g/mol. The van der Waals surface area contributed by atoms with Crippen LogP contribution in [-0.4, -0.2) is 27.6 Å². The first kappa shape index (κ1) is 15.4. The van der Waals surface area contributed by atoms with Gasteiger partial charge in [0.15, 0.2) is 17.3 Å². The molecule has 0 aliphatic carbocycles. The van der Waals surface area contributed by atoms with Crippen molar-refractivity contribution in [3.05, 3.63) is 46.2 Å². The highest BCUT2D eigenvalue weighted by Gasteiger charge is 2.13. The van der Waals surface area contributed by atoms with Gasteiger partial charge in [0.25, 0.3) is 0 Å². The summed E-state index contributed by atoms with van der Waals surface area (Å²) in [5.41, 5.74) is 0.474. The molecular weight excluding hydrogens is 317 g/mol. The molecule has 0 unspecified atom stereocenters. The molecule has 0 aliphatic heterocycles. The zero-order valence-corrected chi connectivity index (χ0v) is 12.2. The van der Waals surface area contributed by atoms with Crippen LogP contribution in [0.3, 0.4) is 0 Å². The molecule has 0 saturated heterocycles. The molecule has 2 N–H and O–H groups in total. The molecule has 1 aromatic heterocycles. The number of pyridine rings is 1. The number of ketones is 1. The highest BCUT2D eigenvalue weighted by atomic mass is 35.5. The molecule has 2 rings (SSSR count). The first-order valence-corrected chi connectivity index (χ1v) is 6.68. The van der Waals surface area contributed by atoms with E-state index in [1.807, 2.05) is 0 Å². The van der Waals surface area contributed by atoms with E-state index < -0.39 is 5.75 Å². The van der Waals surface area contributed by atoms with Gasteiger partial charge in [-0.1, -0.05) is 29.3 Å². The Bertz CT molecular complexity index is 656. The lowest BCUT2D eigenvalue weighted by atomic mass is 10.1. The van der Waals surface area contributed by atoms with E-state index in [1.165, 1.54) is 30.6 Å². The summed E-state index contributed by atoms with van der Waals surface area (Å²) in [5, 5.41) is 19.5. The quantitative estimate of drug-likeness (QED) is 0.825. The van der Waals surface area contributed by atoms with Crippen LogP contribution in [0.5, 0.6) is 17.2 Å². The van der Waals surface area contributed by atoms with Gasteiger partial charge in [-0.15, -0.1) is 0 Å². The average Bonchev–Trinajstić information content (AvgIpc) is 2.45. The molecule has 7 heteroatoms. The van der Waals surface area contributed by atoms with Gasteiger partial charge in [-0.25, -0.2) is 0 Å². The van der Waals surface area contributed by atoms with Gasteiger partial charge in [0, 0.05) is 18.8 Å². The van der Waals surface area contributed by atoms with Gasteiger partial charge >= 0.3 is 0 Å². The standard InChI is InChI=1S/C14H11Cl2NO4/c15-10-5-17-6-11(16)9(10)4-8(18)7-21-13-3-1-2-12(19)14(13)20/h1-3,5-6,19-20H,4,7H2. The summed E-state index contributed by atoms with van der Waals surface area (Å²) in [6, 6.07) is 4.24. The summed E-state index contributed by atoms with van der Waals surface area (Å²) in [4.78, 5) is 15.7. The van der Waals surface area contributed by atoms with E-state index in [1.54, 1.807) is 0 Å². The van der Waals surface area contributed by atoms with Crippen molar-refractivity contribution in [1.82, 2.24) is 4.98 Å². The van der Waals surface area contributed by atoms with Crippen LogP contribution >= 0.6 is 23.2 Å². The SMILES string of the molecule is O=C(COc1cccc(O)c1O)Cc1c(Cl)cncc1Cl. The lowest BCUT2D eigenvalue weighted by Crippen LogP contribution is -2.14. The van der Waals surface area contributed by atoms with Crippen LogP contribution in [0.15, 0.2) is 30.6 Å². The van der Waals surface area contributed by atoms with Gasteiger partial charge in [0.1, 0.15) is 6.61 Å². The van der Waals surface area contributed by atoms with Crippen molar-refractivity contribution < 1.29 is 19.7 Å². The molecule has 0 spiro atoms. The number of hydrogen-bond acceptors (Lipinski definition) is 5. The van der Waals surface area contributed by atoms with E-state index in [2.05, 4.69) is 4.98 Å². The number of halogens is 2. The fourth-order valence-corrected chi connectivity index (χ4v) is 2.14. The Balaban J connectivity index is 2.01. The number of benzene rings is 1. The van der Waals surface area contributed by atoms with E-state index >= 15 is 0 Å². The lowest BCUT2D eigenvalue weighted by Gasteiger charge is -2.09. The van der Waals surface area contributed by atoms with Crippen LogP contribution in [-0.2, 0) is 11.2 Å². The summed E-state index contributed by atoms with van der Waals surface area (Å²) in [5.74, 6) is -0.992. The maximum absolute atomic E-state index is 11.9. The van der Waals surface area contributed by atoms with Crippen molar-refractivity contribution in [3.63, 3.8) is 0 Å². The monoisotopic (exact) mass is 327 g/mol. The summed E-state index contributed by atoms with van der Waals surface area (Å²) >= 11 is 11.8. The minimum absolute atomic E-state index is 0.0141. The Morgan fingerprint density at radius 2 is 1.86 bits per heavy atom. The normalized spacial score (nSPS) is 10.4. The minimum atomic E-state index is -0.412. The molecular formula is C14H11Cl2NO4. The minimum Gasteiger partial charge on any atom is -0.504 e. The number of hydrogen-bond donors (Lipinski definition) is 2. The van der Waals surface area contributed by atoms with Crippen LogP contribution in [0.25, 0.3) is 0 Å². The third-order valence-electron chi connectivity index (χ3n) is 2.69. The highest BCUT2D eigenvalue weighted by Crippen LogP contribution is 2.34. The molecule has 0 bridgehead atoms. The molecule has 0 atom stereocenters. The van der Waals surface area contributed by atoms with Crippen LogP contribution in [0.1, 0.15) is 5.56 Å². The Kier molecular flexibility index (Phi) is 4.88. The molecule has 0 fully saturated rings. The maximum atomic E-state index is 11.9. The van der Waals surface area contributed by atoms with Gasteiger partial charge in [-0.3, -0.25) is 9.78 Å². The second-order valence-corrected chi connectivity index (χ2v) is 5.02. The molecule has 5 nitrogen and oxygen atoms in total. The third kappa shape index (κ3) is 3.77. The summed E-state index contributed by atoms with van der Waals surface area (Å²) in [7, 11) is 0. The molecule has 21 heavy (non-hydrogen) atoms. The van der Waals surface area contributed by atoms with Crippen LogP contribution in [0.2, 0.25) is 10.0 Å². The van der Waals surface area contributed by atoms with Crippen LogP contribution in [0.4, 0.5) is 0 Å². The Morgan fingerprint density at radius 1 is 1.19 bits per heavy atom. The van der Waals surface area contributed by atoms with E-state index in [4.69, 9.17) is 27.9 Å². The van der Waals surface area contributed by atoms with E-state index in [0.717, 1.165) is 0 Å². The predicted molar refractivity (Wildman–Crippen MR) is 78.2 cm³/mol. The Morgan fingerprint density at radius 3 is 2.52 bits per heavy atom. The van der Waals surface area contributed by atoms with Crippen molar-refractivity contribution >= 4 is 29.0 Å². The van der Waals surface area contributed by atoms with Crippen molar-refractivity contribution in [3.8, 4) is 17.2 Å². The number of nitrogens with zero attached hydrogens (tertiary/aromatic N) is 1. The zero-order valence-electron chi connectivity index (χ0n) is 10.7. The van der Waals surface area contributed by atoms with Gasteiger partial charge in [0.05, 0.1) is 10.0 Å². The number of Topliss-reactive ketones (excluding diaryl/α,β-unsaturated/α-hetero) is 1. The lowest BCUT2D eigenvalue weighted by molar-refractivity contribution is -0.120. The van der Waals surface area contributed by atoms with Gasteiger partial charge < -0.3 is 14.9 Å². The molecule has 1 aromatic carbocycles. The van der Waals surface area contributed by atoms with E-state index in [-0.39, 0.29) is 30.3 Å². The number of aromatic hydroxyl groups is 2. The number of phenols is 2. The number of para-hydroxylation sites is 1. The van der Waals surface area contributed by atoms with Crippen molar-refractivity contribution in [1.29, 1.82) is 0 Å². The fraction of sp³-hybridized carbons (Fsp3) is 0.143. The van der Waals surface area contributed by atoms with Crippen molar-refractivity contribution in [2.75, 3.05) is 6.61 Å². The fourth-order valence-electron chi connectivity index (χ4n) is 1.64. The van der Waals surface area contributed by atoms with Gasteiger partial charge in [-0.05, 0) is 17.7 Å². The van der Waals surface area contributed by atoms with E-state index in [0.29, 0.717) is 15.6 Å². The number of rotatable bonds is 5. The first-order chi connectivity index (χ1) is 9.99. The smallest absolute Gasteiger partial charge is 0.200 e. The molecule has 0 amide bonds. The highest BCUT2D eigenvalue weighted by molar-refractivity contribution is 6.36. The second-order valence-electron chi connectivity index (χ2n) is 4.21. The number of ether oxygens (including phenoxy) is 1. The number of carbonyl (C=O) groups excluding carboxylic acids is 1. The van der Waals surface area contributed by atoms with Gasteiger partial charge in [0.2, 0.25) is 5.75 Å². The first-order valence-electron chi connectivity index (χ1n) is 5.92. The molecule has 1 heterocycles. The summed E-state index contributed by atoms with van der Waals surface area (Å²) in [6.45, 7) is -0.286. The maximum Gasteiger partial charge on any atom is 0.200 e. The number of phenolic OH excluding ortho intramolecular Hbond substituents is 2. The van der Waals surface area contributed by atoms with Crippen LogP contribution in [0, 0.1) is 0 Å². The Labute approximate surface area is 130 Å². The van der Waals surface area contributed by atoms with Gasteiger partial charge in [-0.2, -0.15) is 0 Å². The molecule has 0 saturated carbocycles. The molecule has 110 valence electrons. The summed E-state index contributed by atoms with van der Waals surface area (Å²) < 4.78 is 5.17.